The fourth-order valence-corrected chi connectivity index (χ4v) is 4.46. The van der Waals surface area contributed by atoms with Gasteiger partial charge in [-0.1, -0.05) is 0 Å². The molecule has 0 atom stereocenters. The first kappa shape index (κ1) is 20.6. The number of hydrogen-bond acceptors (Lipinski definition) is 6. The summed E-state index contributed by atoms with van der Waals surface area (Å²) in [6.45, 7) is 4.55. The van der Waals surface area contributed by atoms with Gasteiger partial charge in [0.15, 0.2) is 0 Å². The van der Waals surface area contributed by atoms with Gasteiger partial charge in [0, 0.05) is 49.7 Å². The van der Waals surface area contributed by atoms with Crippen molar-refractivity contribution in [2.75, 3.05) is 54.5 Å². The molecule has 2 heterocycles. The molecule has 2 aromatic rings. The van der Waals surface area contributed by atoms with Crippen LogP contribution >= 0.6 is 0 Å². The molecule has 2 aliphatic heterocycles. The Morgan fingerprint density at radius 3 is 2.50 bits per heavy atom. The van der Waals surface area contributed by atoms with Crippen LogP contribution in [0.4, 0.5) is 17.1 Å². The molecule has 0 spiro atoms. The van der Waals surface area contributed by atoms with Crippen LogP contribution in [0.5, 0.6) is 0 Å². The van der Waals surface area contributed by atoms with Crippen molar-refractivity contribution in [3.05, 3.63) is 48.0 Å². The van der Waals surface area contributed by atoms with E-state index in [-0.39, 0.29) is 10.8 Å². The summed E-state index contributed by atoms with van der Waals surface area (Å²) in [5.74, 6) is -0.0521. The first-order chi connectivity index (χ1) is 14.4. The molecule has 0 aliphatic carbocycles. The van der Waals surface area contributed by atoms with Gasteiger partial charge in [-0.2, -0.15) is 0 Å². The summed E-state index contributed by atoms with van der Waals surface area (Å²) >= 11 is 0. The highest BCUT2D eigenvalue weighted by Crippen LogP contribution is 2.30. The van der Waals surface area contributed by atoms with Crippen LogP contribution in [0.3, 0.4) is 0 Å². The predicted molar refractivity (Wildman–Crippen MR) is 116 cm³/mol. The lowest BCUT2D eigenvalue weighted by atomic mass is 10.2. The lowest BCUT2D eigenvalue weighted by Gasteiger charge is -2.28. The van der Waals surface area contributed by atoms with E-state index in [9.17, 15) is 13.2 Å². The molecule has 0 bridgehead atoms. The molecule has 8 nitrogen and oxygen atoms in total. The van der Waals surface area contributed by atoms with Gasteiger partial charge in [0.25, 0.3) is 0 Å². The number of amides is 1. The molecule has 2 aliphatic rings. The smallest absolute Gasteiger partial charge is 0.238 e. The minimum absolute atomic E-state index is 0.0521. The van der Waals surface area contributed by atoms with E-state index in [0.29, 0.717) is 13.0 Å². The summed E-state index contributed by atoms with van der Waals surface area (Å²) in [5, 5.41) is 8.15. The second-order valence-corrected chi connectivity index (χ2v) is 9.08. The third-order valence-corrected chi connectivity index (χ3v) is 6.42. The number of carbonyl (C=O) groups is 1. The van der Waals surface area contributed by atoms with Crippen LogP contribution in [0.15, 0.2) is 47.4 Å². The Labute approximate surface area is 176 Å². The molecule has 3 N–H and O–H groups in total. The van der Waals surface area contributed by atoms with Gasteiger partial charge in [0.1, 0.15) is 0 Å². The molecule has 160 valence electrons. The lowest BCUT2D eigenvalue weighted by molar-refractivity contribution is -0.116. The highest BCUT2D eigenvalue weighted by molar-refractivity contribution is 7.89. The number of nitrogens with zero attached hydrogens (tertiary/aromatic N) is 2. The van der Waals surface area contributed by atoms with Crippen molar-refractivity contribution in [1.29, 1.82) is 0 Å². The molecule has 0 aromatic heterocycles. The maximum absolute atomic E-state index is 12.4. The Morgan fingerprint density at radius 2 is 1.80 bits per heavy atom. The fourth-order valence-electron chi connectivity index (χ4n) is 3.89. The average Bonchev–Trinajstić information content (AvgIpc) is 3.15. The Kier molecular flexibility index (Phi) is 5.94. The normalized spacial score (nSPS) is 16.4. The molecule has 2 aromatic carbocycles. The maximum Gasteiger partial charge on any atom is 0.238 e. The Hall–Kier alpha value is -2.62. The van der Waals surface area contributed by atoms with E-state index in [1.807, 2.05) is 24.3 Å². The molecule has 1 fully saturated rings. The minimum atomic E-state index is -3.70. The number of anilines is 3. The van der Waals surface area contributed by atoms with E-state index in [1.165, 1.54) is 6.07 Å². The van der Waals surface area contributed by atoms with Crippen molar-refractivity contribution in [1.82, 2.24) is 0 Å². The second kappa shape index (κ2) is 8.63. The molecule has 1 saturated heterocycles. The van der Waals surface area contributed by atoms with Crippen molar-refractivity contribution in [2.24, 2.45) is 5.14 Å². The number of benzene rings is 2. The van der Waals surface area contributed by atoms with Gasteiger partial charge >= 0.3 is 0 Å². The number of rotatable bonds is 6. The summed E-state index contributed by atoms with van der Waals surface area (Å²) < 4.78 is 28.4. The summed E-state index contributed by atoms with van der Waals surface area (Å²) in [6.07, 6.45) is 1.09. The molecule has 9 heteroatoms. The molecule has 4 rings (SSSR count). The number of carbonyl (C=O) groups excluding carboxylic acids is 1. The van der Waals surface area contributed by atoms with Crippen LogP contribution in [0.2, 0.25) is 0 Å². The van der Waals surface area contributed by atoms with E-state index < -0.39 is 10.0 Å². The van der Waals surface area contributed by atoms with Gasteiger partial charge in [-0.05, 0) is 54.4 Å². The quantitative estimate of drug-likeness (QED) is 0.721. The number of hydrogen-bond donors (Lipinski definition) is 2. The van der Waals surface area contributed by atoms with Gasteiger partial charge < -0.3 is 19.9 Å². The summed E-state index contributed by atoms with van der Waals surface area (Å²) in [5.41, 5.74) is 3.81. The molecule has 0 radical (unpaired) electrons. The number of fused-ring (bicyclic) bond motifs is 1. The highest BCUT2D eigenvalue weighted by atomic mass is 32.2. The van der Waals surface area contributed by atoms with E-state index in [4.69, 9.17) is 9.88 Å². The van der Waals surface area contributed by atoms with Gasteiger partial charge in [0.2, 0.25) is 15.9 Å². The van der Waals surface area contributed by atoms with Crippen molar-refractivity contribution in [3.63, 3.8) is 0 Å². The predicted octanol–water partition coefficient (Wildman–Crippen LogP) is 1.56. The topological polar surface area (TPSA) is 105 Å². The van der Waals surface area contributed by atoms with Crippen LogP contribution in [0.1, 0.15) is 12.0 Å². The number of nitrogens with one attached hydrogen (secondary N) is 1. The molecular weight excluding hydrogens is 404 g/mol. The minimum Gasteiger partial charge on any atom is -0.378 e. The van der Waals surface area contributed by atoms with Gasteiger partial charge in [-0.25, -0.2) is 13.6 Å². The molecular formula is C21H26N4O4S. The monoisotopic (exact) mass is 430 g/mol. The third kappa shape index (κ3) is 4.75. The standard InChI is InChI=1S/C21H26N4O4S/c22-30(27,28)19-5-6-20-16(15-19)7-9-25(20)10-8-21(26)23-17-1-3-18(4-2-17)24-11-13-29-14-12-24/h1-6,15H,7-14H2,(H,23,26)(H2,22,27,28). The zero-order valence-corrected chi connectivity index (χ0v) is 17.5. The van der Waals surface area contributed by atoms with E-state index in [0.717, 1.165) is 61.9 Å². The van der Waals surface area contributed by atoms with Gasteiger partial charge in [-0.15, -0.1) is 0 Å². The highest BCUT2D eigenvalue weighted by Gasteiger charge is 2.22. The Bertz CT molecular complexity index is 1020. The maximum atomic E-state index is 12.4. The summed E-state index contributed by atoms with van der Waals surface area (Å²) in [7, 11) is -3.70. The van der Waals surface area contributed by atoms with Crippen molar-refractivity contribution >= 4 is 33.0 Å². The number of nitrogens with two attached hydrogens (primary N) is 1. The van der Waals surface area contributed by atoms with Crippen molar-refractivity contribution in [3.8, 4) is 0 Å². The zero-order valence-electron chi connectivity index (χ0n) is 16.7. The molecule has 30 heavy (non-hydrogen) atoms. The molecule has 0 unspecified atom stereocenters. The second-order valence-electron chi connectivity index (χ2n) is 7.52. The number of morpholine rings is 1. The van der Waals surface area contributed by atoms with Crippen molar-refractivity contribution < 1.29 is 17.9 Å². The molecule has 1 amide bonds. The Morgan fingerprint density at radius 1 is 1.07 bits per heavy atom. The zero-order chi connectivity index (χ0) is 21.1. The van der Waals surface area contributed by atoms with E-state index in [1.54, 1.807) is 12.1 Å². The lowest BCUT2D eigenvalue weighted by Crippen LogP contribution is -2.36. The Balaban J connectivity index is 1.31. The summed E-state index contributed by atoms with van der Waals surface area (Å²) in [4.78, 5) is 16.9. The average molecular weight is 431 g/mol. The SMILES string of the molecule is NS(=O)(=O)c1ccc2c(c1)CCN2CCC(=O)Nc1ccc(N2CCOCC2)cc1. The third-order valence-electron chi connectivity index (χ3n) is 5.51. The first-order valence-electron chi connectivity index (χ1n) is 10.0. The van der Waals surface area contributed by atoms with Crippen LogP contribution in [-0.4, -0.2) is 53.7 Å². The van der Waals surface area contributed by atoms with Gasteiger partial charge in [0.05, 0.1) is 18.1 Å². The number of primary sulfonamides is 1. The van der Waals surface area contributed by atoms with Gasteiger partial charge in [-0.3, -0.25) is 4.79 Å². The van der Waals surface area contributed by atoms with Crippen LogP contribution in [0, 0.1) is 0 Å². The fraction of sp³-hybridized carbons (Fsp3) is 0.381. The number of ether oxygens (including phenoxy) is 1. The largest absolute Gasteiger partial charge is 0.378 e. The van der Waals surface area contributed by atoms with Crippen molar-refractivity contribution in [2.45, 2.75) is 17.7 Å². The molecule has 0 saturated carbocycles. The van der Waals surface area contributed by atoms with Crippen LogP contribution < -0.4 is 20.3 Å². The van der Waals surface area contributed by atoms with Crippen LogP contribution in [0.25, 0.3) is 0 Å². The summed E-state index contributed by atoms with van der Waals surface area (Å²) in [6, 6.07) is 12.8. The number of sulfonamides is 1. The van der Waals surface area contributed by atoms with E-state index in [2.05, 4.69) is 15.1 Å². The van der Waals surface area contributed by atoms with Crippen LogP contribution in [-0.2, 0) is 26.0 Å². The first-order valence-corrected chi connectivity index (χ1v) is 11.6. The van der Waals surface area contributed by atoms with E-state index >= 15 is 0 Å².